The van der Waals surface area contributed by atoms with Crippen LogP contribution in [-0.2, 0) is 4.79 Å². The highest BCUT2D eigenvalue weighted by Crippen LogP contribution is 2.36. The van der Waals surface area contributed by atoms with Crippen LogP contribution in [0.25, 0.3) is 0 Å². The summed E-state index contributed by atoms with van der Waals surface area (Å²) in [4.78, 5) is 11.9. The number of ether oxygens (including phenoxy) is 1. The highest BCUT2D eigenvalue weighted by atomic mass is 79.9. The van der Waals surface area contributed by atoms with Crippen LogP contribution >= 0.6 is 27.5 Å². The van der Waals surface area contributed by atoms with E-state index in [0.717, 1.165) is 17.3 Å². The zero-order valence-corrected chi connectivity index (χ0v) is 15.5. The van der Waals surface area contributed by atoms with Gasteiger partial charge in [0.25, 0.3) is 0 Å². The maximum Gasteiger partial charge on any atom is 0.220 e. The third-order valence-corrected chi connectivity index (χ3v) is 4.82. The molecule has 1 N–H and O–H groups in total. The summed E-state index contributed by atoms with van der Waals surface area (Å²) < 4.78 is 6.53. The van der Waals surface area contributed by atoms with Crippen molar-refractivity contribution in [3.63, 3.8) is 0 Å². The molecule has 5 heteroatoms. The second-order valence-corrected chi connectivity index (χ2v) is 8.02. The van der Waals surface area contributed by atoms with Crippen molar-refractivity contribution in [2.24, 2.45) is 5.41 Å². The van der Waals surface area contributed by atoms with Gasteiger partial charge in [0.05, 0.1) is 11.6 Å². The van der Waals surface area contributed by atoms with Crippen molar-refractivity contribution in [2.45, 2.75) is 52.0 Å². The second-order valence-electron chi connectivity index (χ2n) is 6.70. The zero-order valence-electron chi connectivity index (χ0n) is 13.1. The molecule has 1 unspecified atom stereocenters. The molecule has 1 atom stereocenters. The topological polar surface area (TPSA) is 38.3 Å². The van der Waals surface area contributed by atoms with Gasteiger partial charge in [0.1, 0.15) is 5.75 Å². The average molecular weight is 389 g/mol. The van der Waals surface area contributed by atoms with Crippen molar-refractivity contribution < 1.29 is 9.53 Å². The molecule has 1 saturated carbocycles. The number of amides is 1. The Morgan fingerprint density at radius 1 is 1.50 bits per heavy atom. The first kappa shape index (κ1) is 17.6. The molecule has 1 aromatic carbocycles. The number of hydrogen-bond acceptors (Lipinski definition) is 2. The number of hydrogen-bond donors (Lipinski definition) is 1. The summed E-state index contributed by atoms with van der Waals surface area (Å²) in [7, 11) is 0. The predicted octanol–water partition coefficient (Wildman–Crippen LogP) is 4.96. The standard InChI is InChI=1S/C17H23BrClNO2/c1-17(2)8-7-13(11-17)20-16(21)4-3-9-22-15-6-5-12(18)10-14(15)19/h5-6,10,13H,3-4,7-9,11H2,1-2H3,(H,20,21). The molecular formula is C17H23BrClNO2. The van der Waals surface area contributed by atoms with Crippen molar-refractivity contribution in [2.75, 3.05) is 6.61 Å². The van der Waals surface area contributed by atoms with E-state index in [9.17, 15) is 4.79 Å². The van der Waals surface area contributed by atoms with Gasteiger partial charge in [-0.1, -0.05) is 41.4 Å². The van der Waals surface area contributed by atoms with Gasteiger partial charge in [-0.15, -0.1) is 0 Å². The van der Waals surface area contributed by atoms with Crippen molar-refractivity contribution in [3.8, 4) is 5.75 Å². The zero-order chi connectivity index (χ0) is 16.2. The summed E-state index contributed by atoms with van der Waals surface area (Å²) in [5.74, 6) is 0.774. The summed E-state index contributed by atoms with van der Waals surface area (Å²) in [6.45, 7) is 5.01. The summed E-state index contributed by atoms with van der Waals surface area (Å²) >= 11 is 9.43. The molecule has 0 radical (unpaired) electrons. The number of rotatable bonds is 6. The van der Waals surface area contributed by atoms with Crippen molar-refractivity contribution in [1.29, 1.82) is 0 Å². The molecule has 0 spiro atoms. The summed E-state index contributed by atoms with van der Waals surface area (Å²) in [5.41, 5.74) is 0.361. The lowest BCUT2D eigenvalue weighted by atomic mass is 9.92. The molecule has 1 fully saturated rings. The van der Waals surface area contributed by atoms with Crippen LogP contribution in [0.1, 0.15) is 46.0 Å². The fourth-order valence-corrected chi connectivity index (χ4v) is 3.59. The molecule has 3 nitrogen and oxygen atoms in total. The number of halogens is 2. The Morgan fingerprint density at radius 3 is 2.91 bits per heavy atom. The monoisotopic (exact) mass is 387 g/mol. The lowest BCUT2D eigenvalue weighted by Gasteiger charge is -2.17. The molecule has 1 amide bonds. The van der Waals surface area contributed by atoms with Gasteiger partial charge in [0.2, 0.25) is 5.91 Å². The summed E-state index contributed by atoms with van der Waals surface area (Å²) in [6.07, 6.45) is 4.52. The first-order valence-electron chi connectivity index (χ1n) is 7.73. The Bertz CT molecular complexity index is 533. The SMILES string of the molecule is CC1(C)CCC(NC(=O)CCCOc2ccc(Br)cc2Cl)C1. The quantitative estimate of drug-likeness (QED) is 0.700. The van der Waals surface area contributed by atoms with E-state index in [2.05, 4.69) is 35.1 Å². The Balaban J connectivity index is 1.65. The van der Waals surface area contributed by atoms with Gasteiger partial charge in [-0.25, -0.2) is 0 Å². The van der Waals surface area contributed by atoms with Crippen LogP contribution in [0, 0.1) is 5.41 Å². The van der Waals surface area contributed by atoms with E-state index in [1.807, 2.05) is 12.1 Å². The highest BCUT2D eigenvalue weighted by Gasteiger charge is 2.31. The number of benzene rings is 1. The van der Waals surface area contributed by atoms with Crippen molar-refractivity contribution in [3.05, 3.63) is 27.7 Å². The molecule has 1 aliphatic rings. The van der Waals surface area contributed by atoms with Gasteiger partial charge < -0.3 is 10.1 Å². The number of carbonyl (C=O) groups is 1. The van der Waals surface area contributed by atoms with Crippen LogP contribution < -0.4 is 10.1 Å². The van der Waals surface area contributed by atoms with E-state index in [-0.39, 0.29) is 5.91 Å². The Labute approximate surface area is 145 Å². The third kappa shape index (κ3) is 5.47. The molecule has 22 heavy (non-hydrogen) atoms. The van der Waals surface area contributed by atoms with Crippen molar-refractivity contribution >= 4 is 33.4 Å². The highest BCUT2D eigenvalue weighted by molar-refractivity contribution is 9.10. The van der Waals surface area contributed by atoms with E-state index in [0.29, 0.717) is 41.7 Å². The molecule has 0 bridgehead atoms. The smallest absolute Gasteiger partial charge is 0.220 e. The minimum Gasteiger partial charge on any atom is -0.492 e. The Hall–Kier alpha value is -0.740. The molecule has 2 rings (SSSR count). The summed E-state index contributed by atoms with van der Waals surface area (Å²) in [5, 5.41) is 3.70. The van der Waals surface area contributed by atoms with Gasteiger partial charge in [-0.05, 0) is 49.3 Å². The van der Waals surface area contributed by atoms with E-state index in [1.165, 1.54) is 6.42 Å². The van der Waals surface area contributed by atoms with Gasteiger partial charge in [-0.3, -0.25) is 4.79 Å². The molecule has 1 aliphatic carbocycles. The van der Waals surface area contributed by atoms with Crippen LogP contribution in [0.4, 0.5) is 0 Å². The second kappa shape index (κ2) is 7.69. The van der Waals surface area contributed by atoms with Gasteiger partial charge in [0, 0.05) is 16.9 Å². The normalized spacial score (nSPS) is 19.9. The first-order valence-corrected chi connectivity index (χ1v) is 8.90. The minimum absolute atomic E-state index is 0.119. The number of carbonyl (C=O) groups excluding carboxylic acids is 1. The van der Waals surface area contributed by atoms with Gasteiger partial charge >= 0.3 is 0 Å². The Kier molecular flexibility index (Phi) is 6.16. The molecule has 122 valence electrons. The van der Waals surface area contributed by atoms with Crippen LogP contribution in [0.3, 0.4) is 0 Å². The van der Waals surface area contributed by atoms with E-state index >= 15 is 0 Å². The maximum absolute atomic E-state index is 11.9. The average Bonchev–Trinajstić information content (AvgIpc) is 2.76. The van der Waals surface area contributed by atoms with Crippen LogP contribution in [0.2, 0.25) is 5.02 Å². The van der Waals surface area contributed by atoms with Crippen LogP contribution in [0.15, 0.2) is 22.7 Å². The van der Waals surface area contributed by atoms with E-state index in [4.69, 9.17) is 16.3 Å². The van der Waals surface area contributed by atoms with Gasteiger partial charge in [0.15, 0.2) is 0 Å². The lowest BCUT2D eigenvalue weighted by molar-refractivity contribution is -0.122. The molecule has 0 aromatic heterocycles. The van der Waals surface area contributed by atoms with Crippen LogP contribution in [0.5, 0.6) is 5.75 Å². The molecule has 0 heterocycles. The van der Waals surface area contributed by atoms with E-state index < -0.39 is 0 Å². The van der Waals surface area contributed by atoms with Crippen LogP contribution in [-0.4, -0.2) is 18.6 Å². The lowest BCUT2D eigenvalue weighted by Crippen LogP contribution is -2.33. The summed E-state index contributed by atoms with van der Waals surface area (Å²) in [6, 6.07) is 5.85. The molecule has 1 aromatic rings. The predicted molar refractivity (Wildman–Crippen MR) is 93.4 cm³/mol. The first-order chi connectivity index (χ1) is 10.4. The molecule has 0 aliphatic heterocycles. The number of nitrogens with one attached hydrogen (secondary N) is 1. The largest absolute Gasteiger partial charge is 0.492 e. The fourth-order valence-electron chi connectivity index (χ4n) is 2.87. The van der Waals surface area contributed by atoms with E-state index in [1.54, 1.807) is 6.07 Å². The van der Waals surface area contributed by atoms with Crippen molar-refractivity contribution in [1.82, 2.24) is 5.32 Å². The molecule has 0 saturated heterocycles. The minimum atomic E-state index is 0.119. The fraction of sp³-hybridized carbons (Fsp3) is 0.588. The molecular weight excluding hydrogens is 366 g/mol. The maximum atomic E-state index is 11.9. The van der Waals surface area contributed by atoms with Gasteiger partial charge in [-0.2, -0.15) is 0 Å². The Morgan fingerprint density at radius 2 is 2.27 bits per heavy atom. The third-order valence-electron chi connectivity index (χ3n) is 4.03.